The van der Waals surface area contributed by atoms with Crippen LogP contribution in [0.4, 0.5) is 0 Å². The van der Waals surface area contributed by atoms with Crippen LogP contribution < -0.4 is 4.74 Å². The number of halogens is 1. The van der Waals surface area contributed by atoms with Crippen molar-refractivity contribution in [2.24, 2.45) is 0 Å². The van der Waals surface area contributed by atoms with Crippen LogP contribution in [-0.2, 0) is 9.59 Å². The van der Waals surface area contributed by atoms with E-state index in [1.807, 2.05) is 24.3 Å². The maximum atomic E-state index is 13.1. The van der Waals surface area contributed by atoms with Crippen LogP contribution in [0.2, 0.25) is 0 Å². The molecule has 0 bridgehead atoms. The van der Waals surface area contributed by atoms with Crippen molar-refractivity contribution < 1.29 is 19.4 Å². The van der Waals surface area contributed by atoms with E-state index in [-0.39, 0.29) is 11.3 Å². The van der Waals surface area contributed by atoms with E-state index in [9.17, 15) is 14.7 Å². The maximum absolute atomic E-state index is 13.1. The number of Topliss-reactive ketones (excluding diaryl/α,β-unsaturated/α-hetero) is 1. The fraction of sp³-hybridized carbons (Fsp3) is 0.360. The molecule has 1 saturated heterocycles. The molecule has 1 unspecified atom stereocenters. The quantitative estimate of drug-likeness (QED) is 0.217. The minimum Gasteiger partial charge on any atom is -0.507 e. The standard InChI is InChI=1S/C25H29IN2O4/c1-4-27(5-2)14-7-15-28-22(17-10-12-19(26)13-11-17)21(24(30)25(28)31)23(29)18-8-6-9-20(16-18)32-3/h6,8-13,16,22,29H,4-5,7,14-15H2,1-3H3. The number of nitrogens with zero attached hydrogens (tertiary/aromatic N) is 2. The third kappa shape index (κ3) is 5.15. The van der Waals surface area contributed by atoms with Crippen molar-refractivity contribution in [1.82, 2.24) is 9.80 Å². The maximum Gasteiger partial charge on any atom is 0.295 e. The molecule has 0 saturated carbocycles. The highest BCUT2D eigenvalue weighted by Crippen LogP contribution is 2.39. The lowest BCUT2D eigenvalue weighted by Gasteiger charge is -2.27. The molecule has 2 aromatic rings. The zero-order valence-electron chi connectivity index (χ0n) is 18.7. The number of hydrogen-bond acceptors (Lipinski definition) is 5. The second-order valence-corrected chi connectivity index (χ2v) is 8.90. The summed E-state index contributed by atoms with van der Waals surface area (Å²) in [6, 6.07) is 13.9. The van der Waals surface area contributed by atoms with Crippen molar-refractivity contribution in [2.75, 3.05) is 33.3 Å². The highest BCUT2D eigenvalue weighted by atomic mass is 127. The first-order chi connectivity index (χ1) is 15.4. The van der Waals surface area contributed by atoms with E-state index in [1.165, 1.54) is 0 Å². The summed E-state index contributed by atoms with van der Waals surface area (Å²) in [6.07, 6.45) is 0.745. The van der Waals surface area contributed by atoms with Crippen LogP contribution in [-0.4, -0.2) is 59.9 Å². The number of carbonyl (C=O) groups excluding carboxylic acids is 2. The van der Waals surface area contributed by atoms with Crippen LogP contribution in [0.3, 0.4) is 0 Å². The minimum atomic E-state index is -0.656. The van der Waals surface area contributed by atoms with Gasteiger partial charge in [0, 0.05) is 15.7 Å². The fourth-order valence-corrected chi connectivity index (χ4v) is 4.39. The summed E-state index contributed by atoms with van der Waals surface area (Å²) in [5, 5.41) is 11.1. The van der Waals surface area contributed by atoms with Gasteiger partial charge in [-0.25, -0.2) is 0 Å². The topological polar surface area (TPSA) is 70.1 Å². The predicted octanol–water partition coefficient (Wildman–Crippen LogP) is 4.45. The molecule has 0 spiro atoms. The Labute approximate surface area is 203 Å². The first kappa shape index (κ1) is 24.3. The summed E-state index contributed by atoms with van der Waals surface area (Å²) in [4.78, 5) is 30.0. The van der Waals surface area contributed by atoms with Crippen molar-refractivity contribution in [2.45, 2.75) is 26.3 Å². The zero-order valence-corrected chi connectivity index (χ0v) is 20.8. The van der Waals surface area contributed by atoms with Gasteiger partial charge in [0.05, 0.1) is 18.7 Å². The van der Waals surface area contributed by atoms with E-state index in [1.54, 1.807) is 36.3 Å². The average molecular weight is 548 g/mol. The number of benzene rings is 2. The van der Waals surface area contributed by atoms with E-state index in [4.69, 9.17) is 4.74 Å². The Kier molecular flexibility index (Phi) is 8.31. The number of amides is 1. The molecule has 0 aliphatic carbocycles. The van der Waals surface area contributed by atoms with E-state index in [0.29, 0.717) is 17.9 Å². The Bertz CT molecular complexity index is 999. The summed E-state index contributed by atoms with van der Waals surface area (Å²) >= 11 is 2.22. The number of methoxy groups -OCH3 is 1. The molecular weight excluding hydrogens is 519 g/mol. The Morgan fingerprint density at radius 3 is 2.44 bits per heavy atom. The molecule has 3 rings (SSSR count). The molecule has 0 radical (unpaired) electrons. The Hall–Kier alpha value is -2.39. The first-order valence-corrected chi connectivity index (χ1v) is 11.9. The molecule has 1 N–H and O–H groups in total. The Morgan fingerprint density at radius 2 is 1.81 bits per heavy atom. The number of carbonyl (C=O) groups is 2. The second kappa shape index (κ2) is 11.0. The van der Waals surface area contributed by atoms with Gasteiger partial charge in [-0.05, 0) is 78.5 Å². The Morgan fingerprint density at radius 1 is 1.12 bits per heavy atom. The molecule has 0 aromatic heterocycles. The van der Waals surface area contributed by atoms with Gasteiger partial charge in [0.15, 0.2) is 0 Å². The smallest absolute Gasteiger partial charge is 0.295 e. The van der Waals surface area contributed by atoms with Crippen LogP contribution in [0.25, 0.3) is 5.76 Å². The molecule has 7 heteroatoms. The van der Waals surface area contributed by atoms with Gasteiger partial charge in [-0.1, -0.05) is 38.1 Å². The molecule has 170 valence electrons. The third-order valence-corrected chi connectivity index (χ3v) is 6.56. The number of aliphatic hydroxyl groups is 1. The predicted molar refractivity (Wildman–Crippen MR) is 134 cm³/mol. The fourth-order valence-electron chi connectivity index (χ4n) is 4.03. The van der Waals surface area contributed by atoms with E-state index in [0.717, 1.165) is 35.2 Å². The summed E-state index contributed by atoms with van der Waals surface area (Å²) < 4.78 is 6.31. The van der Waals surface area contributed by atoms with Crippen molar-refractivity contribution in [3.8, 4) is 5.75 Å². The molecule has 1 heterocycles. The number of hydrogen-bond donors (Lipinski definition) is 1. The van der Waals surface area contributed by atoms with E-state index in [2.05, 4.69) is 41.3 Å². The molecule has 32 heavy (non-hydrogen) atoms. The summed E-state index contributed by atoms with van der Waals surface area (Å²) in [5.74, 6) is -0.848. The van der Waals surface area contributed by atoms with Crippen molar-refractivity contribution in [3.05, 3.63) is 68.8 Å². The summed E-state index contributed by atoms with van der Waals surface area (Å²) in [7, 11) is 1.54. The van der Waals surface area contributed by atoms with Gasteiger partial charge in [0.2, 0.25) is 0 Å². The van der Waals surface area contributed by atoms with Crippen LogP contribution >= 0.6 is 22.6 Å². The largest absolute Gasteiger partial charge is 0.507 e. The van der Waals surface area contributed by atoms with Crippen molar-refractivity contribution in [3.63, 3.8) is 0 Å². The lowest BCUT2D eigenvalue weighted by atomic mass is 9.95. The molecule has 6 nitrogen and oxygen atoms in total. The van der Waals surface area contributed by atoms with E-state index < -0.39 is 17.7 Å². The number of ether oxygens (including phenoxy) is 1. The number of aliphatic hydroxyl groups excluding tert-OH is 1. The van der Waals surface area contributed by atoms with Crippen LogP contribution in [0, 0.1) is 3.57 Å². The molecule has 2 aromatic carbocycles. The number of rotatable bonds is 9. The molecule has 1 fully saturated rings. The van der Waals surface area contributed by atoms with Gasteiger partial charge < -0.3 is 19.6 Å². The van der Waals surface area contributed by atoms with Gasteiger partial charge >= 0.3 is 0 Å². The highest BCUT2D eigenvalue weighted by molar-refractivity contribution is 14.1. The normalized spacial score (nSPS) is 17.9. The molecule has 1 atom stereocenters. The highest BCUT2D eigenvalue weighted by Gasteiger charge is 2.45. The number of ketones is 1. The van der Waals surface area contributed by atoms with Gasteiger partial charge in [-0.15, -0.1) is 0 Å². The molecule has 1 aliphatic heterocycles. The summed E-state index contributed by atoms with van der Waals surface area (Å²) in [6.45, 7) is 7.36. The van der Waals surface area contributed by atoms with Gasteiger partial charge in [-0.3, -0.25) is 9.59 Å². The molecule has 1 aliphatic rings. The van der Waals surface area contributed by atoms with Crippen LogP contribution in [0.5, 0.6) is 5.75 Å². The van der Waals surface area contributed by atoms with Gasteiger partial charge in [0.1, 0.15) is 11.5 Å². The third-order valence-electron chi connectivity index (χ3n) is 5.84. The zero-order chi connectivity index (χ0) is 23.3. The minimum absolute atomic E-state index is 0.118. The van der Waals surface area contributed by atoms with Gasteiger partial charge in [-0.2, -0.15) is 0 Å². The lowest BCUT2D eigenvalue weighted by molar-refractivity contribution is -0.140. The second-order valence-electron chi connectivity index (χ2n) is 7.66. The van der Waals surface area contributed by atoms with Crippen LogP contribution in [0.1, 0.15) is 37.4 Å². The Balaban J connectivity index is 2.03. The summed E-state index contributed by atoms with van der Waals surface area (Å²) in [5.41, 5.74) is 1.37. The molecular formula is C25H29IN2O4. The van der Waals surface area contributed by atoms with Crippen molar-refractivity contribution in [1.29, 1.82) is 0 Å². The number of likely N-dealkylation sites (tertiary alicyclic amines) is 1. The molecule has 1 amide bonds. The lowest BCUT2D eigenvalue weighted by Crippen LogP contribution is -2.33. The van der Waals surface area contributed by atoms with Crippen molar-refractivity contribution >= 4 is 40.0 Å². The first-order valence-electron chi connectivity index (χ1n) is 10.8. The average Bonchev–Trinajstić information content (AvgIpc) is 3.07. The van der Waals surface area contributed by atoms with Crippen LogP contribution in [0.15, 0.2) is 54.1 Å². The van der Waals surface area contributed by atoms with Gasteiger partial charge in [0.25, 0.3) is 11.7 Å². The van der Waals surface area contributed by atoms with E-state index >= 15 is 0 Å². The monoisotopic (exact) mass is 548 g/mol. The SMILES string of the molecule is CCN(CC)CCCN1C(=O)C(=O)C(=C(O)c2cccc(OC)c2)C1c1ccc(I)cc1.